The number of halogens is 1. The van der Waals surface area contributed by atoms with Gasteiger partial charge < -0.3 is 15.2 Å². The largest absolute Gasteiger partial charge is 0.399 e. The molecule has 1 aromatic carbocycles. The molecule has 0 spiro atoms. The average Bonchev–Trinajstić information content (AvgIpc) is 3.25. The van der Waals surface area contributed by atoms with Gasteiger partial charge in [0, 0.05) is 31.3 Å². The second kappa shape index (κ2) is 6.36. The highest BCUT2D eigenvalue weighted by atomic mass is 35.5. The van der Waals surface area contributed by atoms with Crippen molar-refractivity contribution in [2.75, 3.05) is 12.8 Å². The second-order valence-electron chi connectivity index (χ2n) is 5.59. The van der Waals surface area contributed by atoms with Gasteiger partial charge in [0.05, 0.1) is 6.54 Å². The second-order valence-corrected chi connectivity index (χ2v) is 5.59. The Balaban J connectivity index is 0.00000176. The molecular formula is C15H20ClN5O. The van der Waals surface area contributed by atoms with Crippen LogP contribution in [0.25, 0.3) is 0 Å². The summed E-state index contributed by atoms with van der Waals surface area (Å²) in [7, 11) is 3.73. The molecule has 0 aliphatic heterocycles. The van der Waals surface area contributed by atoms with Crippen LogP contribution in [-0.4, -0.2) is 32.6 Å². The van der Waals surface area contributed by atoms with Gasteiger partial charge in [-0.3, -0.25) is 4.79 Å². The lowest BCUT2D eigenvalue weighted by Crippen LogP contribution is -2.27. The molecule has 7 heteroatoms. The number of nitrogens with two attached hydrogens (primary N) is 1. The SMILES string of the molecule is CN(Cc1nnc(C2CC2)n1C)C(=O)c1ccc(N)cc1.Cl. The van der Waals surface area contributed by atoms with Crippen LogP contribution in [0.1, 0.15) is 40.8 Å². The van der Waals surface area contributed by atoms with Gasteiger partial charge in [0.2, 0.25) is 0 Å². The molecule has 1 aromatic heterocycles. The van der Waals surface area contributed by atoms with Crippen molar-refractivity contribution in [3.8, 4) is 0 Å². The first-order chi connectivity index (χ1) is 10.1. The summed E-state index contributed by atoms with van der Waals surface area (Å²) in [4.78, 5) is 14.0. The number of nitrogen functional groups attached to an aromatic ring is 1. The van der Waals surface area contributed by atoms with E-state index in [1.54, 1.807) is 36.2 Å². The lowest BCUT2D eigenvalue weighted by Gasteiger charge is -2.16. The van der Waals surface area contributed by atoms with E-state index in [-0.39, 0.29) is 18.3 Å². The van der Waals surface area contributed by atoms with E-state index in [4.69, 9.17) is 5.73 Å². The maximum atomic E-state index is 12.4. The highest BCUT2D eigenvalue weighted by molar-refractivity contribution is 5.94. The standard InChI is InChI=1S/C15H19N5O.ClH/c1-19(15(21)11-5-7-12(16)8-6-11)9-13-17-18-14(20(13)2)10-3-4-10;/h5-8,10H,3-4,9,16H2,1-2H3;1H. The molecule has 118 valence electrons. The van der Waals surface area contributed by atoms with Crippen molar-refractivity contribution in [1.29, 1.82) is 0 Å². The van der Waals surface area contributed by atoms with E-state index in [1.807, 2.05) is 11.6 Å². The predicted molar refractivity (Wildman–Crippen MR) is 86.9 cm³/mol. The molecule has 1 saturated carbocycles. The number of hydrogen-bond acceptors (Lipinski definition) is 4. The highest BCUT2D eigenvalue weighted by Crippen LogP contribution is 2.38. The van der Waals surface area contributed by atoms with Crippen LogP contribution in [0.5, 0.6) is 0 Å². The molecule has 3 rings (SSSR count). The van der Waals surface area contributed by atoms with E-state index in [9.17, 15) is 4.79 Å². The predicted octanol–water partition coefficient (Wildman–Crippen LogP) is 1.97. The molecule has 1 aliphatic rings. The van der Waals surface area contributed by atoms with E-state index in [0.29, 0.717) is 23.7 Å². The van der Waals surface area contributed by atoms with Crippen molar-refractivity contribution < 1.29 is 4.79 Å². The molecule has 1 fully saturated rings. The summed E-state index contributed by atoms with van der Waals surface area (Å²) in [5.74, 6) is 2.34. The normalized spacial score (nSPS) is 13.5. The van der Waals surface area contributed by atoms with Crippen LogP contribution in [0.3, 0.4) is 0 Å². The van der Waals surface area contributed by atoms with Gasteiger partial charge in [0.1, 0.15) is 5.82 Å². The van der Waals surface area contributed by atoms with Crippen molar-refractivity contribution in [2.24, 2.45) is 7.05 Å². The minimum atomic E-state index is -0.0500. The zero-order valence-electron chi connectivity index (χ0n) is 12.7. The summed E-state index contributed by atoms with van der Waals surface area (Å²) in [6, 6.07) is 6.93. The molecule has 0 atom stereocenters. The number of carbonyl (C=O) groups is 1. The summed E-state index contributed by atoms with van der Waals surface area (Å²) < 4.78 is 2.00. The molecule has 0 saturated heterocycles. The molecule has 2 N–H and O–H groups in total. The quantitative estimate of drug-likeness (QED) is 0.873. The van der Waals surface area contributed by atoms with E-state index < -0.39 is 0 Å². The first-order valence-electron chi connectivity index (χ1n) is 7.05. The summed E-state index contributed by atoms with van der Waals surface area (Å²) in [6.45, 7) is 0.444. The Labute approximate surface area is 135 Å². The Kier molecular flexibility index (Phi) is 4.71. The number of amides is 1. The van der Waals surface area contributed by atoms with Crippen LogP contribution in [0.2, 0.25) is 0 Å². The number of benzene rings is 1. The van der Waals surface area contributed by atoms with Gasteiger partial charge in [0.25, 0.3) is 5.91 Å². The van der Waals surface area contributed by atoms with E-state index in [1.165, 1.54) is 12.8 Å². The lowest BCUT2D eigenvalue weighted by atomic mass is 10.2. The molecule has 6 nitrogen and oxygen atoms in total. The molecule has 1 amide bonds. The first kappa shape index (κ1) is 16.3. The molecule has 0 unspecified atom stereocenters. The van der Waals surface area contributed by atoms with Crippen LogP contribution >= 0.6 is 12.4 Å². The minimum absolute atomic E-state index is 0. The fourth-order valence-electron chi connectivity index (χ4n) is 2.34. The molecular weight excluding hydrogens is 302 g/mol. The molecule has 1 heterocycles. The lowest BCUT2D eigenvalue weighted by molar-refractivity contribution is 0.0780. The van der Waals surface area contributed by atoms with Crippen LogP contribution in [0.4, 0.5) is 5.69 Å². The third kappa shape index (κ3) is 3.22. The van der Waals surface area contributed by atoms with Crippen molar-refractivity contribution in [1.82, 2.24) is 19.7 Å². The fraction of sp³-hybridized carbons (Fsp3) is 0.400. The third-order valence-electron chi connectivity index (χ3n) is 3.82. The van der Waals surface area contributed by atoms with Crippen molar-refractivity contribution in [2.45, 2.75) is 25.3 Å². The Hall–Kier alpha value is -2.08. The molecule has 0 radical (unpaired) electrons. The van der Waals surface area contributed by atoms with Gasteiger partial charge in [-0.15, -0.1) is 22.6 Å². The van der Waals surface area contributed by atoms with Crippen LogP contribution in [0.15, 0.2) is 24.3 Å². The minimum Gasteiger partial charge on any atom is -0.399 e. The topological polar surface area (TPSA) is 77.0 Å². The Morgan fingerprint density at radius 1 is 1.32 bits per heavy atom. The molecule has 22 heavy (non-hydrogen) atoms. The summed E-state index contributed by atoms with van der Waals surface area (Å²) >= 11 is 0. The Morgan fingerprint density at radius 3 is 2.55 bits per heavy atom. The smallest absolute Gasteiger partial charge is 0.254 e. The van der Waals surface area contributed by atoms with Crippen molar-refractivity contribution in [3.05, 3.63) is 41.5 Å². The van der Waals surface area contributed by atoms with E-state index in [0.717, 1.165) is 11.6 Å². The summed E-state index contributed by atoms with van der Waals surface area (Å²) in [5, 5.41) is 8.44. The van der Waals surface area contributed by atoms with Crippen LogP contribution in [0, 0.1) is 0 Å². The number of carbonyl (C=O) groups excluding carboxylic acids is 1. The van der Waals surface area contributed by atoms with Gasteiger partial charge in [-0.25, -0.2) is 0 Å². The monoisotopic (exact) mass is 321 g/mol. The number of rotatable bonds is 4. The number of nitrogens with zero attached hydrogens (tertiary/aromatic N) is 4. The Morgan fingerprint density at radius 2 is 1.95 bits per heavy atom. The fourth-order valence-corrected chi connectivity index (χ4v) is 2.34. The van der Waals surface area contributed by atoms with Gasteiger partial charge in [-0.1, -0.05) is 0 Å². The van der Waals surface area contributed by atoms with Crippen LogP contribution < -0.4 is 5.73 Å². The van der Waals surface area contributed by atoms with Crippen LogP contribution in [-0.2, 0) is 13.6 Å². The van der Waals surface area contributed by atoms with Crippen molar-refractivity contribution in [3.63, 3.8) is 0 Å². The maximum absolute atomic E-state index is 12.4. The van der Waals surface area contributed by atoms with E-state index in [2.05, 4.69) is 10.2 Å². The van der Waals surface area contributed by atoms with Gasteiger partial charge in [-0.2, -0.15) is 0 Å². The number of anilines is 1. The summed E-state index contributed by atoms with van der Waals surface area (Å²) in [5.41, 5.74) is 6.91. The molecule has 1 aliphatic carbocycles. The van der Waals surface area contributed by atoms with Crippen molar-refractivity contribution >= 4 is 24.0 Å². The average molecular weight is 322 g/mol. The highest BCUT2D eigenvalue weighted by Gasteiger charge is 2.29. The Bertz CT molecular complexity index is 663. The zero-order valence-corrected chi connectivity index (χ0v) is 13.5. The van der Waals surface area contributed by atoms with Gasteiger partial charge in [-0.05, 0) is 37.1 Å². The van der Waals surface area contributed by atoms with E-state index >= 15 is 0 Å². The number of hydrogen-bond donors (Lipinski definition) is 1. The van der Waals surface area contributed by atoms with Gasteiger partial charge >= 0.3 is 0 Å². The molecule has 2 aromatic rings. The maximum Gasteiger partial charge on any atom is 0.254 e. The first-order valence-corrected chi connectivity index (χ1v) is 7.05. The third-order valence-corrected chi connectivity index (χ3v) is 3.82. The zero-order chi connectivity index (χ0) is 15.0. The molecule has 0 bridgehead atoms. The number of aromatic nitrogens is 3. The van der Waals surface area contributed by atoms with Gasteiger partial charge in [0.15, 0.2) is 5.82 Å². The summed E-state index contributed by atoms with van der Waals surface area (Å²) in [6.07, 6.45) is 2.37.